The van der Waals surface area contributed by atoms with Gasteiger partial charge in [0, 0.05) is 41.2 Å². The molecule has 22 heavy (non-hydrogen) atoms. The molecule has 0 amide bonds. The van der Waals surface area contributed by atoms with Crippen LogP contribution in [0, 0.1) is 0 Å². The maximum atomic E-state index is 6.25. The van der Waals surface area contributed by atoms with Gasteiger partial charge in [-0.2, -0.15) is 0 Å². The number of aliphatic imine (C=N–C) groups is 2. The number of hydrogen-bond acceptors (Lipinski definition) is 3. The molecule has 4 nitrogen and oxygen atoms in total. The van der Waals surface area contributed by atoms with Gasteiger partial charge in [0.25, 0.3) is 0 Å². The molecule has 0 atom stereocenters. The Morgan fingerprint density at radius 1 is 1.36 bits per heavy atom. The lowest BCUT2D eigenvalue weighted by molar-refractivity contribution is 1.04. The van der Waals surface area contributed by atoms with Crippen molar-refractivity contribution in [2.75, 3.05) is 6.54 Å². The minimum Gasteiger partial charge on any atom is -0.398 e. The third-order valence-corrected chi connectivity index (χ3v) is 3.54. The number of hydrogen-bond donors (Lipinski definition) is 1. The first-order valence-electron chi connectivity index (χ1n) is 7.34. The molecule has 1 aromatic rings. The minimum atomic E-state index is 0.626. The van der Waals surface area contributed by atoms with Crippen molar-refractivity contribution in [3.63, 3.8) is 0 Å². The van der Waals surface area contributed by atoms with E-state index in [4.69, 9.17) is 5.73 Å². The van der Waals surface area contributed by atoms with Gasteiger partial charge in [-0.25, -0.2) is 4.99 Å². The smallest absolute Gasteiger partial charge is 0.156 e. The summed E-state index contributed by atoms with van der Waals surface area (Å²) in [4.78, 5) is 13.5. The summed E-state index contributed by atoms with van der Waals surface area (Å²) in [5.74, 6) is 0.630. The molecule has 1 aliphatic rings. The zero-order chi connectivity index (χ0) is 16.3. The highest BCUT2D eigenvalue weighted by molar-refractivity contribution is 6.17. The Morgan fingerprint density at radius 3 is 2.73 bits per heavy atom. The molecule has 0 bridgehead atoms. The largest absolute Gasteiger partial charge is 0.398 e. The number of pyridine rings is 1. The van der Waals surface area contributed by atoms with E-state index in [1.807, 2.05) is 39.0 Å². The van der Waals surface area contributed by atoms with Crippen LogP contribution >= 0.6 is 0 Å². The monoisotopic (exact) mass is 294 g/mol. The Morgan fingerprint density at radius 2 is 2.09 bits per heavy atom. The maximum absolute atomic E-state index is 6.25. The minimum absolute atomic E-state index is 0.626. The van der Waals surface area contributed by atoms with Crippen molar-refractivity contribution < 1.29 is 0 Å². The molecule has 4 heteroatoms. The third-order valence-electron chi connectivity index (χ3n) is 3.54. The predicted molar refractivity (Wildman–Crippen MR) is 94.1 cm³/mol. The van der Waals surface area contributed by atoms with Crippen LogP contribution in [0.4, 0.5) is 0 Å². The summed E-state index contributed by atoms with van der Waals surface area (Å²) in [5, 5.41) is 0. The molecule has 2 rings (SSSR count). The van der Waals surface area contributed by atoms with Crippen molar-refractivity contribution in [3.05, 3.63) is 59.6 Å². The fourth-order valence-corrected chi connectivity index (χ4v) is 2.29. The van der Waals surface area contributed by atoms with Crippen LogP contribution in [-0.4, -0.2) is 23.1 Å². The lowest BCUT2D eigenvalue weighted by Crippen LogP contribution is -2.22. The van der Waals surface area contributed by atoms with Crippen molar-refractivity contribution in [2.45, 2.75) is 27.2 Å². The lowest BCUT2D eigenvalue weighted by Gasteiger charge is -2.19. The fraction of sp³-hybridized carbons (Fsp3) is 0.278. The summed E-state index contributed by atoms with van der Waals surface area (Å²) < 4.78 is 0. The van der Waals surface area contributed by atoms with Gasteiger partial charge < -0.3 is 5.73 Å². The van der Waals surface area contributed by atoms with Gasteiger partial charge in [0.15, 0.2) is 5.84 Å². The van der Waals surface area contributed by atoms with Crippen molar-refractivity contribution >= 4 is 17.1 Å². The molecule has 1 aromatic heterocycles. The number of dihydropyridines is 1. The highest BCUT2D eigenvalue weighted by Crippen LogP contribution is 2.22. The standard InChI is InChI=1S/C18H22N4/c1-6-20-18-12(4)17(19)15(13(5)21-18)10-14-8-7-9-16(22-14)11(2)3/h7-9H,2,4,6,10,19H2,1,3,5H3. The molecule has 2 heterocycles. The van der Waals surface area contributed by atoms with E-state index in [1.54, 1.807) is 0 Å². The Labute approximate surface area is 131 Å². The van der Waals surface area contributed by atoms with E-state index in [0.717, 1.165) is 28.2 Å². The molecule has 2 N–H and O–H groups in total. The molecular weight excluding hydrogens is 272 g/mol. The molecule has 0 saturated heterocycles. The van der Waals surface area contributed by atoms with Crippen LogP contribution in [0.15, 0.2) is 58.2 Å². The molecule has 1 aliphatic heterocycles. The van der Waals surface area contributed by atoms with Crippen LogP contribution in [0.3, 0.4) is 0 Å². The van der Waals surface area contributed by atoms with Gasteiger partial charge in [-0.15, -0.1) is 0 Å². The van der Waals surface area contributed by atoms with E-state index in [-0.39, 0.29) is 0 Å². The van der Waals surface area contributed by atoms with Crippen LogP contribution in [0.1, 0.15) is 32.2 Å². The topological polar surface area (TPSA) is 63.6 Å². The number of nitrogens with two attached hydrogens (primary N) is 1. The molecular formula is C18H22N4. The lowest BCUT2D eigenvalue weighted by atomic mass is 9.96. The predicted octanol–water partition coefficient (Wildman–Crippen LogP) is 3.32. The highest BCUT2D eigenvalue weighted by atomic mass is 14.9. The van der Waals surface area contributed by atoms with Crippen molar-refractivity contribution in [3.8, 4) is 0 Å². The Balaban J connectivity index is 2.35. The van der Waals surface area contributed by atoms with E-state index in [0.29, 0.717) is 30.1 Å². The summed E-state index contributed by atoms with van der Waals surface area (Å²) >= 11 is 0. The summed E-state index contributed by atoms with van der Waals surface area (Å²) in [7, 11) is 0. The van der Waals surface area contributed by atoms with Crippen LogP contribution in [0.2, 0.25) is 0 Å². The van der Waals surface area contributed by atoms with Gasteiger partial charge >= 0.3 is 0 Å². The molecule has 0 spiro atoms. The maximum Gasteiger partial charge on any atom is 0.156 e. The van der Waals surface area contributed by atoms with Gasteiger partial charge in [0.05, 0.1) is 5.69 Å². The average molecular weight is 294 g/mol. The van der Waals surface area contributed by atoms with Crippen LogP contribution in [-0.2, 0) is 6.42 Å². The quantitative estimate of drug-likeness (QED) is 0.925. The first kappa shape index (κ1) is 15.9. The zero-order valence-corrected chi connectivity index (χ0v) is 13.5. The SMILES string of the molecule is C=C1C(=NCC)N=C(C)C(Cc2cccc(C(=C)C)n2)=C1N. The molecule has 0 radical (unpaired) electrons. The van der Waals surface area contributed by atoms with Gasteiger partial charge in [0.2, 0.25) is 0 Å². The van der Waals surface area contributed by atoms with Gasteiger partial charge in [0.1, 0.15) is 0 Å². The van der Waals surface area contributed by atoms with E-state index in [1.165, 1.54) is 0 Å². The second-order valence-corrected chi connectivity index (χ2v) is 5.34. The normalized spacial score (nSPS) is 17.0. The van der Waals surface area contributed by atoms with Gasteiger partial charge in [-0.05, 0) is 38.5 Å². The summed E-state index contributed by atoms with van der Waals surface area (Å²) in [5.41, 5.74) is 12.2. The molecule has 0 aliphatic carbocycles. The van der Waals surface area contributed by atoms with Crippen LogP contribution < -0.4 is 5.73 Å². The average Bonchev–Trinajstić information content (AvgIpc) is 2.49. The van der Waals surface area contributed by atoms with Crippen molar-refractivity contribution in [1.82, 2.24) is 4.98 Å². The zero-order valence-electron chi connectivity index (χ0n) is 13.5. The van der Waals surface area contributed by atoms with E-state index in [9.17, 15) is 0 Å². The molecule has 114 valence electrons. The molecule has 0 aromatic carbocycles. The van der Waals surface area contributed by atoms with Crippen LogP contribution in [0.5, 0.6) is 0 Å². The van der Waals surface area contributed by atoms with Gasteiger partial charge in [-0.3, -0.25) is 9.98 Å². The third kappa shape index (κ3) is 3.22. The number of rotatable bonds is 4. The number of aromatic nitrogens is 1. The molecule has 0 fully saturated rings. The first-order chi connectivity index (χ1) is 10.4. The number of nitrogens with zero attached hydrogens (tertiary/aromatic N) is 3. The highest BCUT2D eigenvalue weighted by Gasteiger charge is 2.20. The number of amidine groups is 1. The van der Waals surface area contributed by atoms with Crippen molar-refractivity contribution in [1.29, 1.82) is 0 Å². The van der Waals surface area contributed by atoms with E-state index >= 15 is 0 Å². The van der Waals surface area contributed by atoms with E-state index in [2.05, 4.69) is 28.1 Å². The van der Waals surface area contributed by atoms with Crippen molar-refractivity contribution in [2.24, 2.45) is 15.7 Å². The number of allylic oxidation sites excluding steroid dienone is 2. The second kappa shape index (κ2) is 6.52. The fourth-order valence-electron chi connectivity index (χ4n) is 2.29. The van der Waals surface area contributed by atoms with E-state index < -0.39 is 0 Å². The molecule has 0 unspecified atom stereocenters. The van der Waals surface area contributed by atoms with Gasteiger partial charge in [-0.1, -0.05) is 19.2 Å². The summed E-state index contributed by atoms with van der Waals surface area (Å²) in [6, 6.07) is 5.92. The first-order valence-corrected chi connectivity index (χ1v) is 7.34. The summed E-state index contributed by atoms with van der Waals surface area (Å²) in [6.07, 6.45) is 0.626. The Hall–Kier alpha value is -2.49. The Kier molecular flexibility index (Phi) is 4.71. The molecule has 0 saturated carbocycles. The Bertz CT molecular complexity index is 720. The second-order valence-electron chi connectivity index (χ2n) is 5.34. The van der Waals surface area contributed by atoms with Crippen LogP contribution in [0.25, 0.3) is 5.57 Å². The summed E-state index contributed by atoms with van der Waals surface area (Å²) in [6.45, 7) is 14.5.